The van der Waals surface area contributed by atoms with Crippen LogP contribution in [0, 0.1) is 5.82 Å². The molecule has 0 amide bonds. The molecule has 4 rings (SSSR count). The predicted octanol–water partition coefficient (Wildman–Crippen LogP) is 1.89. The lowest BCUT2D eigenvalue weighted by atomic mass is 10.1. The second-order valence-corrected chi connectivity index (χ2v) is 7.96. The first kappa shape index (κ1) is 20.4. The number of morpholine rings is 1. The Balaban J connectivity index is 1.34. The zero-order valence-corrected chi connectivity index (χ0v) is 17.1. The number of aryl methyl sites for hydroxylation is 1. The van der Waals surface area contributed by atoms with E-state index in [0.29, 0.717) is 37.0 Å². The van der Waals surface area contributed by atoms with Gasteiger partial charge < -0.3 is 19.1 Å². The van der Waals surface area contributed by atoms with Crippen molar-refractivity contribution in [3.8, 4) is 11.4 Å². The summed E-state index contributed by atoms with van der Waals surface area (Å²) in [5.74, 6) is 0.528. The van der Waals surface area contributed by atoms with Crippen LogP contribution >= 0.6 is 0 Å². The van der Waals surface area contributed by atoms with E-state index in [1.165, 1.54) is 6.07 Å². The highest BCUT2D eigenvalue weighted by Crippen LogP contribution is 2.23. The molecule has 7 nitrogen and oxygen atoms in total. The molecule has 158 valence electrons. The average Bonchev–Trinajstić information content (AvgIpc) is 3.20. The number of benzene rings is 1. The van der Waals surface area contributed by atoms with Crippen LogP contribution in [-0.2, 0) is 17.7 Å². The van der Waals surface area contributed by atoms with Crippen LogP contribution in [0.2, 0.25) is 0 Å². The highest BCUT2D eigenvalue weighted by molar-refractivity contribution is 5.56. The third-order valence-corrected chi connectivity index (χ3v) is 5.74. The molecule has 8 heteroatoms. The number of hydrogen-bond donors (Lipinski definition) is 0. The van der Waals surface area contributed by atoms with Crippen molar-refractivity contribution in [2.45, 2.75) is 19.4 Å². The van der Waals surface area contributed by atoms with E-state index < -0.39 is 0 Å². The first-order valence-electron chi connectivity index (χ1n) is 10.5. The third kappa shape index (κ3) is 5.60. The van der Waals surface area contributed by atoms with Gasteiger partial charge in [0.1, 0.15) is 5.82 Å². The molecular weight excluding hydrogens is 373 g/mol. The van der Waals surface area contributed by atoms with Crippen LogP contribution in [0.3, 0.4) is 0 Å². The minimum atomic E-state index is -0.313. The fourth-order valence-electron chi connectivity index (χ4n) is 3.86. The molecule has 2 aromatic rings. The Labute approximate surface area is 171 Å². The summed E-state index contributed by atoms with van der Waals surface area (Å²) >= 11 is 0. The van der Waals surface area contributed by atoms with E-state index in [1.807, 2.05) is 12.1 Å². The number of ether oxygens (including phenoxy) is 1. The second-order valence-electron chi connectivity index (χ2n) is 7.96. The zero-order valence-electron chi connectivity index (χ0n) is 17.1. The van der Waals surface area contributed by atoms with Gasteiger partial charge in [-0.3, -0.25) is 4.90 Å². The highest BCUT2D eigenvalue weighted by atomic mass is 19.1. The summed E-state index contributed by atoms with van der Waals surface area (Å²) in [5, 5.41) is 4.02. The molecule has 0 spiro atoms. The smallest absolute Gasteiger partial charge is 0.241 e. The molecular formula is C21H30FN5O2. The number of aromatic nitrogens is 2. The molecule has 0 atom stereocenters. The first-order valence-corrected chi connectivity index (χ1v) is 10.5. The van der Waals surface area contributed by atoms with Crippen molar-refractivity contribution in [1.29, 1.82) is 0 Å². The molecule has 0 radical (unpaired) electrons. The van der Waals surface area contributed by atoms with Gasteiger partial charge in [-0.1, -0.05) is 11.2 Å². The Kier molecular flexibility index (Phi) is 6.86. The number of piperazine rings is 1. The molecule has 1 aromatic carbocycles. The van der Waals surface area contributed by atoms with Gasteiger partial charge in [0.05, 0.1) is 25.3 Å². The van der Waals surface area contributed by atoms with Crippen LogP contribution in [0.4, 0.5) is 4.39 Å². The topological polar surface area (TPSA) is 57.9 Å². The summed E-state index contributed by atoms with van der Waals surface area (Å²) < 4.78 is 25.1. The molecule has 2 saturated heterocycles. The minimum Gasteiger partial charge on any atom is -0.379 e. The van der Waals surface area contributed by atoms with Crippen molar-refractivity contribution in [2.75, 3.05) is 66.1 Å². The van der Waals surface area contributed by atoms with Crippen molar-refractivity contribution in [1.82, 2.24) is 24.8 Å². The lowest BCUT2D eigenvalue weighted by molar-refractivity contribution is 0.0297. The standard InChI is InChI=1S/C21H30FN5O2/c1-25-7-9-26(10-8-25)6-2-3-17-4-5-19(22)18(15-17)21-23-20(29-24-21)16-27-11-13-28-14-12-27/h4-5,15H,2-3,6-14,16H2,1H3. The van der Waals surface area contributed by atoms with Crippen molar-refractivity contribution < 1.29 is 13.7 Å². The largest absolute Gasteiger partial charge is 0.379 e. The summed E-state index contributed by atoms with van der Waals surface area (Å²) in [6.07, 6.45) is 1.97. The van der Waals surface area contributed by atoms with E-state index in [-0.39, 0.29) is 5.82 Å². The lowest BCUT2D eigenvalue weighted by Gasteiger charge is -2.32. The second kappa shape index (κ2) is 9.75. The Hall–Kier alpha value is -1.87. The number of halogens is 1. The van der Waals surface area contributed by atoms with E-state index >= 15 is 0 Å². The van der Waals surface area contributed by atoms with Crippen LogP contribution in [0.15, 0.2) is 22.7 Å². The van der Waals surface area contributed by atoms with Gasteiger partial charge in [0.25, 0.3) is 0 Å². The van der Waals surface area contributed by atoms with Gasteiger partial charge in [-0.05, 0) is 44.1 Å². The van der Waals surface area contributed by atoms with Crippen molar-refractivity contribution in [2.24, 2.45) is 0 Å². The molecule has 29 heavy (non-hydrogen) atoms. The zero-order chi connectivity index (χ0) is 20.1. The van der Waals surface area contributed by atoms with Crippen LogP contribution < -0.4 is 0 Å². The van der Waals surface area contributed by atoms with Crippen molar-refractivity contribution in [3.05, 3.63) is 35.5 Å². The number of nitrogens with zero attached hydrogens (tertiary/aromatic N) is 5. The van der Waals surface area contributed by atoms with Gasteiger partial charge >= 0.3 is 0 Å². The quantitative estimate of drug-likeness (QED) is 0.700. The average molecular weight is 404 g/mol. The fraction of sp³-hybridized carbons (Fsp3) is 0.619. The Bertz CT molecular complexity index is 785. The number of hydrogen-bond acceptors (Lipinski definition) is 7. The minimum absolute atomic E-state index is 0.313. The summed E-state index contributed by atoms with van der Waals surface area (Å²) in [6, 6.07) is 5.23. The van der Waals surface area contributed by atoms with E-state index in [1.54, 1.807) is 0 Å². The van der Waals surface area contributed by atoms with E-state index in [2.05, 4.69) is 31.9 Å². The van der Waals surface area contributed by atoms with Gasteiger partial charge in [0, 0.05) is 39.3 Å². The SMILES string of the molecule is CN1CCN(CCCc2ccc(F)c(-c3noc(CN4CCOCC4)n3)c2)CC1. The molecule has 3 heterocycles. The monoisotopic (exact) mass is 403 g/mol. The summed E-state index contributed by atoms with van der Waals surface area (Å²) in [5.41, 5.74) is 1.52. The van der Waals surface area contributed by atoms with Gasteiger partial charge in [-0.15, -0.1) is 0 Å². The molecule has 0 aliphatic carbocycles. The molecule has 0 N–H and O–H groups in total. The molecule has 2 aliphatic rings. The fourth-order valence-corrected chi connectivity index (χ4v) is 3.86. The van der Waals surface area contributed by atoms with Gasteiger partial charge in [0.15, 0.2) is 0 Å². The predicted molar refractivity (Wildman–Crippen MR) is 108 cm³/mol. The van der Waals surface area contributed by atoms with Crippen LogP contribution in [0.5, 0.6) is 0 Å². The van der Waals surface area contributed by atoms with Crippen molar-refractivity contribution in [3.63, 3.8) is 0 Å². The number of likely N-dealkylation sites (N-methyl/N-ethyl adjacent to an activating group) is 1. The normalized spacial score (nSPS) is 19.7. The first-order chi connectivity index (χ1) is 14.2. The van der Waals surface area contributed by atoms with E-state index in [4.69, 9.17) is 9.26 Å². The van der Waals surface area contributed by atoms with Gasteiger partial charge in [0.2, 0.25) is 11.7 Å². The van der Waals surface area contributed by atoms with E-state index in [9.17, 15) is 4.39 Å². The van der Waals surface area contributed by atoms with Crippen molar-refractivity contribution >= 4 is 0 Å². The molecule has 0 saturated carbocycles. The Morgan fingerprint density at radius 1 is 1.03 bits per heavy atom. The van der Waals surface area contributed by atoms with E-state index in [0.717, 1.165) is 64.2 Å². The number of rotatable bonds is 7. The maximum Gasteiger partial charge on any atom is 0.241 e. The van der Waals surface area contributed by atoms with Crippen LogP contribution in [0.25, 0.3) is 11.4 Å². The van der Waals surface area contributed by atoms with Crippen LogP contribution in [0.1, 0.15) is 17.9 Å². The van der Waals surface area contributed by atoms with Gasteiger partial charge in [-0.25, -0.2) is 4.39 Å². The van der Waals surface area contributed by atoms with Crippen LogP contribution in [-0.4, -0.2) is 90.9 Å². The molecule has 0 bridgehead atoms. The molecule has 2 aliphatic heterocycles. The maximum absolute atomic E-state index is 14.4. The molecule has 2 fully saturated rings. The Morgan fingerprint density at radius 2 is 1.83 bits per heavy atom. The molecule has 1 aromatic heterocycles. The summed E-state index contributed by atoms with van der Waals surface area (Å²) in [4.78, 5) is 11.5. The third-order valence-electron chi connectivity index (χ3n) is 5.74. The summed E-state index contributed by atoms with van der Waals surface area (Å²) in [6.45, 7) is 9.27. The molecule has 0 unspecified atom stereocenters. The van der Waals surface area contributed by atoms with Gasteiger partial charge in [-0.2, -0.15) is 4.98 Å². The maximum atomic E-state index is 14.4. The Morgan fingerprint density at radius 3 is 2.62 bits per heavy atom. The highest BCUT2D eigenvalue weighted by Gasteiger charge is 2.18. The summed E-state index contributed by atoms with van der Waals surface area (Å²) in [7, 11) is 2.17. The lowest BCUT2D eigenvalue weighted by Crippen LogP contribution is -2.44.